The van der Waals surface area contributed by atoms with E-state index in [-0.39, 0.29) is 17.1 Å². The second kappa shape index (κ2) is 10.3. The standard InChI is InChI=1S/C22H28O13/c1-8-15(24)17(26)19(28)21(32-8)31-7-13-16(25)18(27)20(29)22(35-13)34-12-6-10-9(5-11(12)30-2)3-4-14(23)33-10/h3-6,8,13,15-22,24-29H,7H2,1-2H3/t8-,13+,15-,16+,17+,18+,19+,20+,21-,22-/m1/s1. The zero-order chi connectivity index (χ0) is 25.4. The fourth-order valence-electron chi connectivity index (χ4n) is 3.94. The quantitative estimate of drug-likeness (QED) is 0.235. The van der Waals surface area contributed by atoms with Gasteiger partial charge in [0.2, 0.25) is 6.29 Å². The molecule has 13 heteroatoms. The molecule has 0 aliphatic carbocycles. The number of rotatable bonds is 6. The van der Waals surface area contributed by atoms with Crippen LogP contribution >= 0.6 is 0 Å². The van der Waals surface area contributed by atoms with E-state index >= 15 is 0 Å². The molecule has 35 heavy (non-hydrogen) atoms. The van der Waals surface area contributed by atoms with Crippen LogP contribution in [0.1, 0.15) is 6.92 Å². The molecular formula is C22H28O13. The van der Waals surface area contributed by atoms with Crippen molar-refractivity contribution in [2.75, 3.05) is 13.7 Å². The Morgan fingerprint density at radius 3 is 2.23 bits per heavy atom. The molecule has 0 bridgehead atoms. The lowest BCUT2D eigenvalue weighted by Crippen LogP contribution is -2.61. The van der Waals surface area contributed by atoms with Gasteiger partial charge in [-0.05, 0) is 19.1 Å². The first-order valence-corrected chi connectivity index (χ1v) is 10.9. The molecule has 0 unspecified atom stereocenters. The highest BCUT2D eigenvalue weighted by atomic mass is 16.7. The third kappa shape index (κ3) is 5.14. The minimum atomic E-state index is -1.70. The van der Waals surface area contributed by atoms with Crippen molar-refractivity contribution in [1.29, 1.82) is 0 Å². The number of ether oxygens (including phenoxy) is 5. The first-order chi connectivity index (χ1) is 16.6. The highest BCUT2D eigenvalue weighted by Gasteiger charge is 2.47. The third-order valence-corrected chi connectivity index (χ3v) is 6.05. The molecule has 6 N–H and O–H groups in total. The van der Waals surface area contributed by atoms with Gasteiger partial charge in [-0.25, -0.2) is 4.79 Å². The molecule has 2 fully saturated rings. The van der Waals surface area contributed by atoms with Gasteiger partial charge in [-0.1, -0.05) is 0 Å². The molecule has 3 heterocycles. The number of hydrogen-bond acceptors (Lipinski definition) is 13. The predicted octanol–water partition coefficient (Wildman–Crippen LogP) is -2.17. The van der Waals surface area contributed by atoms with Gasteiger partial charge in [-0.2, -0.15) is 0 Å². The summed E-state index contributed by atoms with van der Waals surface area (Å²) in [7, 11) is 1.38. The van der Waals surface area contributed by atoms with E-state index in [0.717, 1.165) is 0 Å². The van der Waals surface area contributed by atoms with Crippen molar-refractivity contribution in [2.45, 2.75) is 68.3 Å². The average molecular weight is 500 g/mol. The Kier molecular flexibility index (Phi) is 7.61. The predicted molar refractivity (Wildman–Crippen MR) is 115 cm³/mol. The average Bonchev–Trinajstić information content (AvgIpc) is 2.84. The van der Waals surface area contributed by atoms with E-state index in [4.69, 9.17) is 28.1 Å². The van der Waals surface area contributed by atoms with Gasteiger partial charge in [-0.15, -0.1) is 0 Å². The monoisotopic (exact) mass is 500 g/mol. The van der Waals surface area contributed by atoms with Crippen molar-refractivity contribution in [2.24, 2.45) is 0 Å². The Hall–Kier alpha value is -2.33. The van der Waals surface area contributed by atoms with Gasteiger partial charge in [0.25, 0.3) is 0 Å². The van der Waals surface area contributed by atoms with Crippen LogP contribution in [0.3, 0.4) is 0 Å². The van der Waals surface area contributed by atoms with Crippen LogP contribution in [0.15, 0.2) is 33.5 Å². The topological polar surface area (TPSA) is 198 Å². The van der Waals surface area contributed by atoms with Crippen molar-refractivity contribution < 1.29 is 58.7 Å². The molecule has 0 saturated carbocycles. The molecule has 1 aromatic carbocycles. The van der Waals surface area contributed by atoms with Gasteiger partial charge in [0, 0.05) is 17.5 Å². The van der Waals surface area contributed by atoms with Crippen LogP contribution in [0, 0.1) is 0 Å². The summed E-state index contributed by atoms with van der Waals surface area (Å²) in [6, 6.07) is 5.67. The normalized spacial score (nSPS) is 37.8. The number of hydrogen-bond donors (Lipinski definition) is 6. The molecule has 0 amide bonds. The molecule has 2 aliphatic heterocycles. The zero-order valence-corrected chi connectivity index (χ0v) is 18.8. The fourth-order valence-corrected chi connectivity index (χ4v) is 3.94. The summed E-state index contributed by atoms with van der Waals surface area (Å²) in [5, 5.41) is 61.5. The van der Waals surface area contributed by atoms with E-state index in [0.29, 0.717) is 5.39 Å². The van der Waals surface area contributed by atoms with Crippen LogP contribution in [0.5, 0.6) is 11.5 Å². The zero-order valence-electron chi connectivity index (χ0n) is 18.8. The molecule has 4 rings (SSSR count). The number of fused-ring (bicyclic) bond motifs is 1. The second-order valence-corrected chi connectivity index (χ2v) is 8.44. The fraction of sp³-hybridized carbons (Fsp3) is 0.591. The Balaban J connectivity index is 1.50. The van der Waals surface area contributed by atoms with Gasteiger partial charge in [-0.3, -0.25) is 0 Å². The summed E-state index contributed by atoms with van der Waals surface area (Å²) in [4.78, 5) is 11.6. The maximum atomic E-state index is 11.6. The molecule has 2 saturated heterocycles. The minimum Gasteiger partial charge on any atom is -0.493 e. The minimum absolute atomic E-state index is 0.0265. The summed E-state index contributed by atoms with van der Waals surface area (Å²) < 4.78 is 32.5. The lowest BCUT2D eigenvalue weighted by molar-refractivity contribution is -0.318. The maximum Gasteiger partial charge on any atom is 0.336 e. The van der Waals surface area contributed by atoms with Gasteiger partial charge < -0.3 is 58.7 Å². The summed E-state index contributed by atoms with van der Waals surface area (Å²) in [6.07, 6.45) is -14.4. The van der Waals surface area contributed by atoms with Gasteiger partial charge in [0.1, 0.15) is 48.3 Å². The summed E-state index contributed by atoms with van der Waals surface area (Å²) >= 11 is 0. The lowest BCUT2D eigenvalue weighted by Gasteiger charge is -2.42. The molecule has 194 valence electrons. The van der Waals surface area contributed by atoms with Gasteiger partial charge in [0.05, 0.1) is 19.8 Å². The van der Waals surface area contributed by atoms with Crippen LogP contribution in [0.2, 0.25) is 0 Å². The number of aliphatic hydroxyl groups is 6. The maximum absolute atomic E-state index is 11.6. The number of benzene rings is 1. The smallest absolute Gasteiger partial charge is 0.336 e. The summed E-state index contributed by atoms with van der Waals surface area (Å²) in [5.74, 6) is 0.245. The molecule has 13 nitrogen and oxygen atoms in total. The first kappa shape index (κ1) is 25.8. The van der Waals surface area contributed by atoms with Gasteiger partial charge in [0.15, 0.2) is 17.8 Å². The van der Waals surface area contributed by atoms with Crippen molar-refractivity contribution >= 4 is 11.0 Å². The van der Waals surface area contributed by atoms with Crippen molar-refractivity contribution in [3.8, 4) is 11.5 Å². The Morgan fingerprint density at radius 2 is 1.51 bits per heavy atom. The van der Waals surface area contributed by atoms with E-state index in [9.17, 15) is 35.4 Å². The highest BCUT2D eigenvalue weighted by molar-refractivity contribution is 5.80. The van der Waals surface area contributed by atoms with E-state index in [1.807, 2.05) is 0 Å². The molecule has 0 spiro atoms. The van der Waals surface area contributed by atoms with E-state index in [1.54, 1.807) is 0 Å². The van der Waals surface area contributed by atoms with Crippen LogP contribution in [-0.4, -0.2) is 106 Å². The second-order valence-electron chi connectivity index (χ2n) is 8.44. The summed E-state index contributed by atoms with van der Waals surface area (Å²) in [6.45, 7) is 1.04. The third-order valence-electron chi connectivity index (χ3n) is 6.05. The van der Waals surface area contributed by atoms with Crippen LogP contribution in [-0.2, 0) is 14.2 Å². The van der Waals surface area contributed by atoms with Crippen LogP contribution in [0.25, 0.3) is 11.0 Å². The molecule has 2 aliphatic rings. The number of methoxy groups -OCH3 is 1. The Bertz CT molecular complexity index is 1070. The lowest BCUT2D eigenvalue weighted by atomic mass is 9.98. The van der Waals surface area contributed by atoms with Crippen LogP contribution in [0.4, 0.5) is 0 Å². The molecular weight excluding hydrogens is 472 g/mol. The van der Waals surface area contributed by atoms with Crippen molar-refractivity contribution in [3.05, 3.63) is 34.7 Å². The Labute approximate surface area is 198 Å². The number of aliphatic hydroxyl groups excluding tert-OH is 6. The van der Waals surface area contributed by atoms with Gasteiger partial charge >= 0.3 is 5.63 Å². The van der Waals surface area contributed by atoms with E-state index in [2.05, 4.69) is 0 Å². The molecule has 2 aromatic rings. The van der Waals surface area contributed by atoms with Crippen LogP contribution < -0.4 is 15.1 Å². The first-order valence-electron chi connectivity index (χ1n) is 10.9. The van der Waals surface area contributed by atoms with Crippen molar-refractivity contribution in [1.82, 2.24) is 0 Å². The Morgan fingerprint density at radius 1 is 0.829 bits per heavy atom. The molecule has 10 atom stereocenters. The SMILES string of the molecule is COc1cc2ccc(=O)oc2cc1O[C@@H]1O[C@@H](CO[C@@H]2O[C@H](C)[C@@H](O)[C@H](O)[C@@H]2O)[C@H](O)[C@H](O)[C@@H]1O. The van der Waals surface area contributed by atoms with E-state index in [1.165, 1.54) is 38.3 Å². The van der Waals surface area contributed by atoms with E-state index < -0.39 is 73.6 Å². The summed E-state index contributed by atoms with van der Waals surface area (Å²) in [5.41, 5.74) is -0.408. The largest absolute Gasteiger partial charge is 0.493 e. The van der Waals surface area contributed by atoms with Crippen molar-refractivity contribution in [3.63, 3.8) is 0 Å². The molecule has 0 radical (unpaired) electrons. The highest BCUT2D eigenvalue weighted by Crippen LogP contribution is 2.35. The molecule has 1 aromatic heterocycles.